The summed E-state index contributed by atoms with van der Waals surface area (Å²) >= 11 is 5.82. The van der Waals surface area contributed by atoms with Crippen LogP contribution in [0.4, 0.5) is 11.4 Å². The van der Waals surface area contributed by atoms with Crippen LogP contribution in [0.1, 0.15) is 5.56 Å². The molecule has 0 aliphatic heterocycles. The fraction of sp³-hybridized carbons (Fsp3) is 0.176. The zero-order chi connectivity index (χ0) is 18.5. The van der Waals surface area contributed by atoms with E-state index >= 15 is 0 Å². The maximum atomic E-state index is 11.8. The van der Waals surface area contributed by atoms with E-state index in [1.54, 1.807) is 12.1 Å². The van der Waals surface area contributed by atoms with E-state index in [2.05, 4.69) is 15.3 Å². The number of benzene rings is 2. The number of anilines is 1. The molecule has 2 N–H and O–H groups in total. The summed E-state index contributed by atoms with van der Waals surface area (Å²) in [5.74, 6) is 0. The fourth-order valence-electron chi connectivity index (χ4n) is 2.42. The van der Waals surface area contributed by atoms with E-state index in [0.29, 0.717) is 30.3 Å². The summed E-state index contributed by atoms with van der Waals surface area (Å²) in [7, 11) is 0. The van der Waals surface area contributed by atoms with Gasteiger partial charge < -0.3 is 15.0 Å². The lowest BCUT2D eigenvalue weighted by Gasteiger charge is -2.09. The van der Waals surface area contributed by atoms with Gasteiger partial charge >= 0.3 is 0 Å². The third-order valence-electron chi connectivity index (χ3n) is 3.70. The Bertz CT molecular complexity index is 988. The van der Waals surface area contributed by atoms with Crippen LogP contribution in [0.15, 0.2) is 47.5 Å². The number of nitro benzene ring substituents is 1. The average Bonchev–Trinajstić information content (AvgIpc) is 2.62. The van der Waals surface area contributed by atoms with Crippen LogP contribution in [0, 0.1) is 10.1 Å². The summed E-state index contributed by atoms with van der Waals surface area (Å²) in [6.07, 6.45) is 1.26. The maximum absolute atomic E-state index is 11.8. The molecule has 1 heterocycles. The number of hydrogen-bond acceptors (Lipinski definition) is 6. The molecule has 9 heteroatoms. The molecule has 0 bridgehead atoms. The van der Waals surface area contributed by atoms with Crippen LogP contribution in [-0.2, 0) is 11.3 Å². The summed E-state index contributed by atoms with van der Waals surface area (Å²) in [5.41, 5.74) is 1.04. The maximum Gasteiger partial charge on any atom is 0.293 e. The van der Waals surface area contributed by atoms with Crippen molar-refractivity contribution in [3.63, 3.8) is 0 Å². The summed E-state index contributed by atoms with van der Waals surface area (Å²) < 4.78 is 5.54. The number of fused-ring (bicyclic) bond motifs is 1. The molecule has 2 aromatic carbocycles. The quantitative estimate of drug-likeness (QED) is 0.373. The van der Waals surface area contributed by atoms with Crippen molar-refractivity contribution in [2.24, 2.45) is 0 Å². The SMILES string of the molecule is O=c1[nH]cnc2cc(NCCOCc3ccc(Cl)cc3)c([N+](=O)[O-])cc12. The van der Waals surface area contributed by atoms with E-state index in [9.17, 15) is 14.9 Å². The molecule has 0 radical (unpaired) electrons. The van der Waals surface area contributed by atoms with Crippen molar-refractivity contribution in [3.05, 3.63) is 73.8 Å². The molecule has 3 aromatic rings. The fourth-order valence-corrected chi connectivity index (χ4v) is 2.55. The van der Waals surface area contributed by atoms with Crippen molar-refractivity contribution >= 4 is 33.9 Å². The van der Waals surface area contributed by atoms with Crippen LogP contribution >= 0.6 is 11.6 Å². The Labute approximate surface area is 152 Å². The number of hydrogen-bond donors (Lipinski definition) is 2. The minimum absolute atomic E-state index is 0.170. The Morgan fingerprint density at radius 2 is 2.04 bits per heavy atom. The number of rotatable bonds is 7. The van der Waals surface area contributed by atoms with Crippen molar-refractivity contribution < 1.29 is 9.66 Å². The Balaban J connectivity index is 1.64. The number of nitro groups is 1. The number of nitrogens with one attached hydrogen (secondary N) is 2. The van der Waals surface area contributed by atoms with Gasteiger partial charge in [-0.25, -0.2) is 4.98 Å². The summed E-state index contributed by atoms with van der Waals surface area (Å²) in [6, 6.07) is 10.0. The third kappa shape index (κ3) is 4.16. The van der Waals surface area contributed by atoms with Gasteiger partial charge in [0.25, 0.3) is 11.2 Å². The number of ether oxygens (including phenoxy) is 1. The molecule has 0 aliphatic carbocycles. The highest BCUT2D eigenvalue weighted by Crippen LogP contribution is 2.27. The molecule has 8 nitrogen and oxygen atoms in total. The van der Waals surface area contributed by atoms with Crippen LogP contribution in [0.2, 0.25) is 5.02 Å². The van der Waals surface area contributed by atoms with Crippen molar-refractivity contribution in [1.29, 1.82) is 0 Å². The zero-order valence-electron chi connectivity index (χ0n) is 13.6. The molecule has 0 amide bonds. The van der Waals surface area contributed by atoms with Crippen LogP contribution in [0.25, 0.3) is 10.9 Å². The molecule has 26 heavy (non-hydrogen) atoms. The second-order valence-corrected chi connectivity index (χ2v) is 5.92. The van der Waals surface area contributed by atoms with Gasteiger partial charge in [0.05, 0.1) is 35.4 Å². The molecule has 0 unspecified atom stereocenters. The number of H-pyrrole nitrogens is 1. The Morgan fingerprint density at radius 1 is 1.27 bits per heavy atom. The normalized spacial score (nSPS) is 10.8. The van der Waals surface area contributed by atoms with E-state index in [0.717, 1.165) is 5.56 Å². The van der Waals surface area contributed by atoms with Gasteiger partial charge in [-0.2, -0.15) is 0 Å². The molecule has 0 saturated heterocycles. The molecule has 3 rings (SSSR count). The molecule has 134 valence electrons. The first-order valence-electron chi connectivity index (χ1n) is 7.76. The predicted molar refractivity (Wildman–Crippen MR) is 98.6 cm³/mol. The van der Waals surface area contributed by atoms with Crippen LogP contribution in [0.3, 0.4) is 0 Å². The number of aromatic amines is 1. The molecule has 0 aliphatic rings. The van der Waals surface area contributed by atoms with Gasteiger partial charge in [0.15, 0.2) is 0 Å². The van der Waals surface area contributed by atoms with E-state index < -0.39 is 10.5 Å². The van der Waals surface area contributed by atoms with E-state index in [4.69, 9.17) is 16.3 Å². The standard InChI is InChI=1S/C17H15ClN4O4/c18-12-3-1-11(2-4-12)9-26-6-5-19-15-8-14-13(7-16(15)22(24)25)17(23)21-10-20-14/h1-4,7-8,10,19H,5-6,9H2,(H,20,21,23). The molecule has 0 spiro atoms. The highest BCUT2D eigenvalue weighted by molar-refractivity contribution is 6.30. The second kappa shape index (κ2) is 7.94. The highest BCUT2D eigenvalue weighted by Gasteiger charge is 2.16. The predicted octanol–water partition coefficient (Wildman–Crippen LogP) is 3.11. The lowest BCUT2D eigenvalue weighted by Crippen LogP contribution is -2.12. The molecule has 0 fully saturated rings. The second-order valence-electron chi connectivity index (χ2n) is 5.48. The molecule has 1 aromatic heterocycles. The lowest BCUT2D eigenvalue weighted by molar-refractivity contribution is -0.383. The smallest absolute Gasteiger partial charge is 0.293 e. The minimum atomic E-state index is -0.539. The first-order valence-corrected chi connectivity index (χ1v) is 8.14. The minimum Gasteiger partial charge on any atom is -0.377 e. The van der Waals surface area contributed by atoms with Gasteiger partial charge in [-0.3, -0.25) is 14.9 Å². The van der Waals surface area contributed by atoms with Crippen molar-refractivity contribution in [2.45, 2.75) is 6.61 Å². The third-order valence-corrected chi connectivity index (χ3v) is 3.95. The van der Waals surface area contributed by atoms with Crippen LogP contribution < -0.4 is 10.9 Å². The van der Waals surface area contributed by atoms with Crippen LogP contribution in [0.5, 0.6) is 0 Å². The van der Waals surface area contributed by atoms with Crippen molar-refractivity contribution in [1.82, 2.24) is 9.97 Å². The van der Waals surface area contributed by atoms with Gasteiger partial charge in [0.1, 0.15) is 5.69 Å². The van der Waals surface area contributed by atoms with Gasteiger partial charge in [-0.05, 0) is 23.8 Å². The summed E-state index contributed by atoms with van der Waals surface area (Å²) in [4.78, 5) is 28.9. The Hall–Kier alpha value is -2.97. The Kier molecular flexibility index (Phi) is 5.45. The molecule has 0 saturated carbocycles. The molecular weight excluding hydrogens is 360 g/mol. The molecular formula is C17H15ClN4O4. The van der Waals surface area contributed by atoms with Gasteiger partial charge in [-0.15, -0.1) is 0 Å². The first kappa shape index (κ1) is 17.8. The van der Waals surface area contributed by atoms with E-state index in [-0.39, 0.29) is 16.8 Å². The van der Waals surface area contributed by atoms with Gasteiger partial charge in [0.2, 0.25) is 0 Å². The van der Waals surface area contributed by atoms with E-state index in [1.165, 1.54) is 18.5 Å². The highest BCUT2D eigenvalue weighted by atomic mass is 35.5. The lowest BCUT2D eigenvalue weighted by atomic mass is 10.2. The molecule has 0 atom stereocenters. The number of halogens is 1. The zero-order valence-corrected chi connectivity index (χ0v) is 14.3. The van der Waals surface area contributed by atoms with Gasteiger partial charge in [0, 0.05) is 17.6 Å². The largest absolute Gasteiger partial charge is 0.377 e. The van der Waals surface area contributed by atoms with Gasteiger partial charge in [-0.1, -0.05) is 23.7 Å². The summed E-state index contributed by atoms with van der Waals surface area (Å²) in [5, 5.41) is 15.1. The average molecular weight is 375 g/mol. The monoisotopic (exact) mass is 374 g/mol. The van der Waals surface area contributed by atoms with Crippen LogP contribution in [-0.4, -0.2) is 28.0 Å². The first-order chi connectivity index (χ1) is 12.5. The van der Waals surface area contributed by atoms with Crippen molar-refractivity contribution in [3.8, 4) is 0 Å². The topological polar surface area (TPSA) is 110 Å². The van der Waals surface area contributed by atoms with Crippen molar-refractivity contribution in [2.75, 3.05) is 18.5 Å². The number of nitrogens with zero attached hydrogens (tertiary/aromatic N) is 2. The summed E-state index contributed by atoms with van der Waals surface area (Å²) in [6.45, 7) is 1.12. The Morgan fingerprint density at radius 3 is 2.77 bits per heavy atom. The number of aromatic nitrogens is 2. The van der Waals surface area contributed by atoms with E-state index in [1.807, 2.05) is 12.1 Å².